The van der Waals surface area contributed by atoms with Gasteiger partial charge in [0.05, 0.1) is 4.92 Å². The number of nitrogens with one attached hydrogen (secondary N) is 1. The lowest BCUT2D eigenvalue weighted by atomic mass is 10.2. The maximum atomic E-state index is 12.0. The van der Waals surface area contributed by atoms with Crippen molar-refractivity contribution in [3.63, 3.8) is 0 Å². The molecule has 0 spiro atoms. The Kier molecular flexibility index (Phi) is 6.04. The van der Waals surface area contributed by atoms with Gasteiger partial charge in [-0.05, 0) is 26.5 Å². The number of hydrogen-bond donors (Lipinski definition) is 2. The molecule has 21 heavy (non-hydrogen) atoms. The van der Waals surface area contributed by atoms with Crippen molar-refractivity contribution in [2.45, 2.75) is 26.3 Å². The van der Waals surface area contributed by atoms with E-state index in [1.165, 1.54) is 6.07 Å². The van der Waals surface area contributed by atoms with Crippen LogP contribution in [-0.2, 0) is 0 Å². The largest absolute Gasteiger partial charge is 0.384 e. The van der Waals surface area contributed by atoms with Crippen molar-refractivity contribution in [2.24, 2.45) is 0 Å². The van der Waals surface area contributed by atoms with Crippen LogP contribution < -0.4 is 11.1 Å². The van der Waals surface area contributed by atoms with Crippen LogP contribution in [0.1, 0.15) is 30.6 Å². The smallest absolute Gasteiger partial charge is 0.300 e. The van der Waals surface area contributed by atoms with Crippen molar-refractivity contribution >= 4 is 17.4 Å². The monoisotopic (exact) mass is 295 g/mol. The molecule has 1 atom stereocenters. The van der Waals surface area contributed by atoms with E-state index in [9.17, 15) is 14.9 Å². The van der Waals surface area contributed by atoms with Crippen LogP contribution in [-0.4, -0.2) is 46.9 Å². The first kappa shape index (κ1) is 16.8. The fourth-order valence-electron chi connectivity index (χ4n) is 1.76. The number of nitrogens with zero attached hydrogens (tertiary/aromatic N) is 3. The fourth-order valence-corrected chi connectivity index (χ4v) is 1.76. The Morgan fingerprint density at radius 3 is 2.86 bits per heavy atom. The summed E-state index contributed by atoms with van der Waals surface area (Å²) in [5, 5.41) is 13.5. The zero-order chi connectivity index (χ0) is 16.0. The molecular formula is C13H21N5O3. The third-order valence-corrected chi connectivity index (χ3v) is 3.44. The minimum absolute atomic E-state index is 0.0707. The van der Waals surface area contributed by atoms with E-state index in [0.717, 1.165) is 12.6 Å². The average Bonchev–Trinajstić information content (AvgIpc) is 2.45. The van der Waals surface area contributed by atoms with Gasteiger partial charge in [-0.25, -0.2) is 4.98 Å². The lowest BCUT2D eigenvalue weighted by Gasteiger charge is -2.23. The molecule has 0 aliphatic heterocycles. The van der Waals surface area contributed by atoms with Crippen LogP contribution in [0.25, 0.3) is 0 Å². The van der Waals surface area contributed by atoms with Crippen LogP contribution in [0.15, 0.2) is 12.3 Å². The summed E-state index contributed by atoms with van der Waals surface area (Å²) < 4.78 is 0. The summed E-state index contributed by atoms with van der Waals surface area (Å²) in [7, 11) is 1.97. The third kappa shape index (κ3) is 4.67. The molecule has 0 aromatic carbocycles. The predicted molar refractivity (Wildman–Crippen MR) is 80.0 cm³/mol. The molecule has 0 radical (unpaired) electrons. The van der Waals surface area contributed by atoms with Crippen LogP contribution in [0.3, 0.4) is 0 Å². The summed E-state index contributed by atoms with van der Waals surface area (Å²) in [6.45, 7) is 5.24. The van der Waals surface area contributed by atoms with Gasteiger partial charge in [0, 0.05) is 19.1 Å². The molecule has 0 bridgehead atoms. The molecule has 1 rings (SSSR count). The van der Waals surface area contributed by atoms with Crippen molar-refractivity contribution < 1.29 is 9.72 Å². The highest BCUT2D eigenvalue weighted by molar-refractivity contribution is 5.98. The summed E-state index contributed by atoms with van der Waals surface area (Å²) in [6, 6.07) is 1.62. The second kappa shape index (κ2) is 7.53. The molecule has 0 aliphatic rings. The van der Waals surface area contributed by atoms with Gasteiger partial charge < -0.3 is 16.0 Å². The normalized spacial score (nSPS) is 12.2. The Hall–Kier alpha value is -2.22. The highest BCUT2D eigenvalue weighted by Gasteiger charge is 2.21. The number of pyridine rings is 1. The first-order chi connectivity index (χ1) is 9.86. The lowest BCUT2D eigenvalue weighted by molar-refractivity contribution is -0.385. The number of likely N-dealkylation sites (N-methyl/N-ethyl adjacent to an activating group) is 1. The van der Waals surface area contributed by atoms with Gasteiger partial charge in [0.15, 0.2) is 0 Å². The third-order valence-electron chi connectivity index (χ3n) is 3.44. The zero-order valence-corrected chi connectivity index (χ0v) is 12.5. The molecule has 1 aromatic rings. The van der Waals surface area contributed by atoms with Crippen LogP contribution in [0.4, 0.5) is 11.5 Å². The summed E-state index contributed by atoms with van der Waals surface area (Å²) in [4.78, 5) is 28.0. The van der Waals surface area contributed by atoms with Crippen molar-refractivity contribution in [1.82, 2.24) is 15.2 Å². The standard InChI is InChI=1S/C13H21N5O3/c1-4-9(2)17(3)6-5-15-13(19)10-7-12(14)16-8-11(10)18(20)21/h7-9H,4-6H2,1-3H3,(H2,14,16)(H,15,19). The number of carbonyl (C=O) groups is 1. The number of carbonyl (C=O) groups excluding carboxylic acids is 1. The first-order valence-electron chi connectivity index (χ1n) is 6.75. The molecule has 0 fully saturated rings. The Morgan fingerprint density at radius 1 is 1.62 bits per heavy atom. The van der Waals surface area contributed by atoms with Crippen LogP contribution in [0, 0.1) is 10.1 Å². The molecule has 116 valence electrons. The predicted octanol–water partition coefficient (Wildman–Crippen LogP) is 1.03. The minimum atomic E-state index is -0.646. The van der Waals surface area contributed by atoms with Crippen molar-refractivity contribution in [3.8, 4) is 0 Å². The van der Waals surface area contributed by atoms with E-state index in [1.54, 1.807) is 0 Å². The molecule has 8 heteroatoms. The highest BCUT2D eigenvalue weighted by Crippen LogP contribution is 2.18. The zero-order valence-electron chi connectivity index (χ0n) is 12.5. The number of nitrogen functional groups attached to an aromatic ring is 1. The maximum Gasteiger partial charge on any atom is 0.300 e. The van der Waals surface area contributed by atoms with Gasteiger partial charge in [0.2, 0.25) is 0 Å². The van der Waals surface area contributed by atoms with E-state index >= 15 is 0 Å². The number of nitro groups is 1. The molecule has 0 saturated heterocycles. The van der Waals surface area contributed by atoms with Crippen molar-refractivity contribution in [2.75, 3.05) is 25.9 Å². The van der Waals surface area contributed by atoms with E-state index in [-0.39, 0.29) is 17.1 Å². The molecule has 1 aromatic heterocycles. The van der Waals surface area contributed by atoms with Gasteiger partial charge >= 0.3 is 0 Å². The average molecular weight is 295 g/mol. The highest BCUT2D eigenvalue weighted by atomic mass is 16.6. The molecule has 0 aliphatic carbocycles. The minimum Gasteiger partial charge on any atom is -0.384 e. The van der Waals surface area contributed by atoms with Gasteiger partial charge in [-0.2, -0.15) is 0 Å². The number of amides is 1. The Labute approximate surface area is 123 Å². The van der Waals surface area contributed by atoms with Gasteiger partial charge in [-0.1, -0.05) is 6.92 Å². The van der Waals surface area contributed by atoms with Crippen LogP contribution >= 0.6 is 0 Å². The molecule has 3 N–H and O–H groups in total. The van der Waals surface area contributed by atoms with E-state index in [4.69, 9.17) is 5.73 Å². The van der Waals surface area contributed by atoms with Crippen molar-refractivity contribution in [3.05, 3.63) is 27.9 Å². The van der Waals surface area contributed by atoms with Crippen LogP contribution in [0.5, 0.6) is 0 Å². The fraction of sp³-hybridized carbons (Fsp3) is 0.538. The SMILES string of the molecule is CCC(C)N(C)CCNC(=O)c1cc(N)ncc1[N+](=O)[O-]. The molecule has 1 heterocycles. The molecule has 0 saturated carbocycles. The number of hydrogen-bond acceptors (Lipinski definition) is 6. The van der Waals surface area contributed by atoms with E-state index in [1.807, 2.05) is 7.05 Å². The summed E-state index contributed by atoms with van der Waals surface area (Å²) in [5.41, 5.74) is 5.06. The number of anilines is 1. The quantitative estimate of drug-likeness (QED) is 0.573. The van der Waals surface area contributed by atoms with Crippen molar-refractivity contribution in [1.29, 1.82) is 0 Å². The number of rotatable bonds is 7. The molecule has 1 unspecified atom stereocenters. The second-order valence-electron chi connectivity index (χ2n) is 4.88. The van der Waals surface area contributed by atoms with Gasteiger partial charge in [0.25, 0.3) is 11.6 Å². The maximum absolute atomic E-state index is 12.0. The lowest BCUT2D eigenvalue weighted by Crippen LogP contribution is -2.37. The van der Waals surface area contributed by atoms with E-state index in [0.29, 0.717) is 19.1 Å². The number of aromatic nitrogens is 1. The molecule has 1 amide bonds. The molecular weight excluding hydrogens is 274 g/mol. The van der Waals surface area contributed by atoms with Gasteiger partial charge in [-0.3, -0.25) is 14.9 Å². The van der Waals surface area contributed by atoms with E-state index in [2.05, 4.69) is 29.0 Å². The second-order valence-corrected chi connectivity index (χ2v) is 4.88. The summed E-state index contributed by atoms with van der Waals surface area (Å²) in [5.74, 6) is -0.448. The molecule has 8 nitrogen and oxygen atoms in total. The van der Waals surface area contributed by atoms with Crippen LogP contribution in [0.2, 0.25) is 0 Å². The van der Waals surface area contributed by atoms with E-state index < -0.39 is 10.8 Å². The first-order valence-corrected chi connectivity index (χ1v) is 6.75. The Balaban J connectivity index is 2.68. The summed E-state index contributed by atoms with van der Waals surface area (Å²) >= 11 is 0. The Bertz CT molecular complexity index is 521. The van der Waals surface area contributed by atoms with Gasteiger partial charge in [0.1, 0.15) is 17.6 Å². The van der Waals surface area contributed by atoms with Gasteiger partial charge in [-0.15, -0.1) is 0 Å². The Morgan fingerprint density at radius 2 is 2.29 bits per heavy atom. The topological polar surface area (TPSA) is 114 Å². The number of nitrogens with two attached hydrogens (primary N) is 1. The summed E-state index contributed by atoms with van der Waals surface area (Å²) in [6.07, 6.45) is 2.01.